The minimum atomic E-state index is 0.399. The van der Waals surface area contributed by atoms with Crippen LogP contribution in [0.25, 0.3) is 11.1 Å². The van der Waals surface area contributed by atoms with E-state index in [1.165, 1.54) is 0 Å². The number of hydrogen-bond acceptors (Lipinski definition) is 2. The Balaban J connectivity index is 2.41. The fraction of sp³-hybridized carbons (Fsp3) is 0.455. The Bertz CT molecular complexity index is 465. The molecule has 0 fully saturated rings. The van der Waals surface area contributed by atoms with E-state index < -0.39 is 0 Å². The molecule has 0 saturated carbocycles. The zero-order chi connectivity index (χ0) is 11.0. The molecule has 2 heterocycles. The molecule has 0 bridgehead atoms. The molecule has 0 saturated heterocycles. The van der Waals surface area contributed by atoms with Gasteiger partial charge in [0.05, 0.1) is 11.9 Å². The van der Waals surface area contributed by atoms with Crippen molar-refractivity contribution >= 4 is 0 Å². The van der Waals surface area contributed by atoms with Crippen LogP contribution in [-0.4, -0.2) is 19.6 Å². The second kappa shape index (κ2) is 3.53. The number of aromatic nitrogens is 4. The standard InChI is InChI=1S/C11H16N4/c1-8(2)15-6-10(5-12-15)11-7-14(4)13-9(11)3/h5-8H,1-4H3. The Morgan fingerprint density at radius 3 is 2.47 bits per heavy atom. The highest BCUT2D eigenvalue weighted by atomic mass is 15.3. The van der Waals surface area contributed by atoms with Crippen molar-refractivity contribution in [1.29, 1.82) is 0 Å². The maximum atomic E-state index is 4.32. The summed E-state index contributed by atoms with van der Waals surface area (Å²) in [6.45, 7) is 6.25. The van der Waals surface area contributed by atoms with E-state index in [-0.39, 0.29) is 0 Å². The van der Waals surface area contributed by atoms with E-state index in [4.69, 9.17) is 0 Å². The van der Waals surface area contributed by atoms with Crippen molar-refractivity contribution in [2.24, 2.45) is 7.05 Å². The summed E-state index contributed by atoms with van der Waals surface area (Å²) in [5.74, 6) is 0. The predicted octanol–water partition coefficient (Wildman–Crippen LogP) is 2.17. The molecule has 0 aromatic carbocycles. The lowest BCUT2D eigenvalue weighted by Gasteiger charge is -2.02. The van der Waals surface area contributed by atoms with Crippen LogP contribution in [0.15, 0.2) is 18.6 Å². The fourth-order valence-corrected chi connectivity index (χ4v) is 1.64. The maximum absolute atomic E-state index is 4.32. The van der Waals surface area contributed by atoms with Gasteiger partial charge in [0.15, 0.2) is 0 Å². The summed E-state index contributed by atoms with van der Waals surface area (Å²) in [6, 6.07) is 0.399. The Morgan fingerprint density at radius 1 is 1.27 bits per heavy atom. The molecule has 80 valence electrons. The van der Waals surface area contributed by atoms with E-state index in [1.54, 1.807) is 0 Å². The van der Waals surface area contributed by atoms with Crippen molar-refractivity contribution in [2.75, 3.05) is 0 Å². The van der Waals surface area contributed by atoms with Crippen LogP contribution in [0.2, 0.25) is 0 Å². The van der Waals surface area contributed by atoms with Gasteiger partial charge in [-0.1, -0.05) is 0 Å². The molecule has 0 N–H and O–H groups in total. The van der Waals surface area contributed by atoms with Crippen LogP contribution in [-0.2, 0) is 7.05 Å². The quantitative estimate of drug-likeness (QED) is 0.751. The summed E-state index contributed by atoms with van der Waals surface area (Å²) >= 11 is 0. The lowest BCUT2D eigenvalue weighted by Crippen LogP contribution is -1.99. The minimum Gasteiger partial charge on any atom is -0.275 e. The van der Waals surface area contributed by atoms with Gasteiger partial charge in [-0.3, -0.25) is 9.36 Å². The summed E-state index contributed by atoms with van der Waals surface area (Å²) in [4.78, 5) is 0. The Labute approximate surface area is 89.5 Å². The lowest BCUT2D eigenvalue weighted by molar-refractivity contribution is 0.532. The van der Waals surface area contributed by atoms with E-state index in [0.717, 1.165) is 16.8 Å². The van der Waals surface area contributed by atoms with Gasteiger partial charge in [0.2, 0.25) is 0 Å². The van der Waals surface area contributed by atoms with E-state index in [2.05, 4.69) is 30.2 Å². The van der Waals surface area contributed by atoms with Crippen molar-refractivity contribution in [3.63, 3.8) is 0 Å². The molecule has 2 aromatic rings. The second-order valence-corrected chi connectivity index (χ2v) is 4.10. The monoisotopic (exact) mass is 204 g/mol. The average molecular weight is 204 g/mol. The summed E-state index contributed by atoms with van der Waals surface area (Å²) in [5, 5.41) is 8.64. The Morgan fingerprint density at radius 2 is 2.00 bits per heavy atom. The molecule has 0 spiro atoms. The van der Waals surface area contributed by atoms with Crippen LogP contribution in [0.3, 0.4) is 0 Å². The molecule has 4 heteroatoms. The number of rotatable bonds is 2. The fourth-order valence-electron chi connectivity index (χ4n) is 1.64. The predicted molar refractivity (Wildman–Crippen MR) is 59.6 cm³/mol. The molecule has 0 aliphatic carbocycles. The first-order valence-electron chi connectivity index (χ1n) is 5.12. The van der Waals surface area contributed by atoms with Crippen LogP contribution in [0.5, 0.6) is 0 Å². The third-order valence-electron chi connectivity index (χ3n) is 2.46. The number of aryl methyl sites for hydroxylation is 2. The maximum Gasteiger partial charge on any atom is 0.0673 e. The topological polar surface area (TPSA) is 35.6 Å². The van der Waals surface area contributed by atoms with Crippen molar-refractivity contribution in [3.05, 3.63) is 24.3 Å². The van der Waals surface area contributed by atoms with Gasteiger partial charge < -0.3 is 0 Å². The zero-order valence-electron chi connectivity index (χ0n) is 9.60. The van der Waals surface area contributed by atoms with Crippen molar-refractivity contribution < 1.29 is 0 Å². The molecule has 15 heavy (non-hydrogen) atoms. The third-order valence-corrected chi connectivity index (χ3v) is 2.46. The largest absolute Gasteiger partial charge is 0.275 e. The van der Waals surface area contributed by atoms with Gasteiger partial charge in [0, 0.05) is 36.6 Å². The van der Waals surface area contributed by atoms with E-state index in [1.807, 2.05) is 35.7 Å². The lowest BCUT2D eigenvalue weighted by atomic mass is 10.1. The van der Waals surface area contributed by atoms with E-state index in [0.29, 0.717) is 6.04 Å². The molecule has 0 aliphatic rings. The van der Waals surface area contributed by atoms with Crippen LogP contribution >= 0.6 is 0 Å². The summed E-state index contributed by atoms with van der Waals surface area (Å²) < 4.78 is 3.79. The molecule has 2 rings (SSSR count). The highest BCUT2D eigenvalue weighted by Crippen LogP contribution is 2.22. The molecule has 4 nitrogen and oxygen atoms in total. The normalized spacial score (nSPS) is 11.3. The first kappa shape index (κ1) is 9.96. The summed E-state index contributed by atoms with van der Waals surface area (Å²) in [5.41, 5.74) is 3.33. The van der Waals surface area contributed by atoms with Crippen LogP contribution in [0.1, 0.15) is 25.6 Å². The summed E-state index contributed by atoms with van der Waals surface area (Å²) in [7, 11) is 1.93. The smallest absolute Gasteiger partial charge is 0.0673 e. The van der Waals surface area contributed by atoms with Crippen LogP contribution < -0.4 is 0 Å². The van der Waals surface area contributed by atoms with Gasteiger partial charge in [-0.05, 0) is 20.8 Å². The number of nitrogens with zero attached hydrogens (tertiary/aromatic N) is 4. The Hall–Kier alpha value is -1.58. The van der Waals surface area contributed by atoms with Gasteiger partial charge in [-0.25, -0.2) is 0 Å². The molecule has 0 radical (unpaired) electrons. The molecular formula is C11H16N4. The van der Waals surface area contributed by atoms with Gasteiger partial charge in [0.1, 0.15) is 0 Å². The van der Waals surface area contributed by atoms with Crippen LogP contribution in [0.4, 0.5) is 0 Å². The molecule has 0 unspecified atom stereocenters. The average Bonchev–Trinajstić information content (AvgIpc) is 2.71. The zero-order valence-corrected chi connectivity index (χ0v) is 9.60. The van der Waals surface area contributed by atoms with Gasteiger partial charge in [-0.2, -0.15) is 10.2 Å². The van der Waals surface area contributed by atoms with Crippen molar-refractivity contribution in [1.82, 2.24) is 19.6 Å². The third kappa shape index (κ3) is 1.79. The van der Waals surface area contributed by atoms with Gasteiger partial charge in [-0.15, -0.1) is 0 Å². The van der Waals surface area contributed by atoms with Gasteiger partial charge in [0.25, 0.3) is 0 Å². The first-order chi connectivity index (χ1) is 7.08. The van der Waals surface area contributed by atoms with E-state index >= 15 is 0 Å². The molecule has 0 aliphatic heterocycles. The number of hydrogen-bond donors (Lipinski definition) is 0. The summed E-state index contributed by atoms with van der Waals surface area (Å²) in [6.07, 6.45) is 5.98. The Kier molecular flexibility index (Phi) is 2.34. The van der Waals surface area contributed by atoms with E-state index in [9.17, 15) is 0 Å². The highest BCUT2D eigenvalue weighted by Gasteiger charge is 2.09. The first-order valence-corrected chi connectivity index (χ1v) is 5.12. The van der Waals surface area contributed by atoms with Crippen molar-refractivity contribution in [3.8, 4) is 11.1 Å². The minimum absolute atomic E-state index is 0.399. The van der Waals surface area contributed by atoms with Crippen molar-refractivity contribution in [2.45, 2.75) is 26.8 Å². The second-order valence-electron chi connectivity index (χ2n) is 4.10. The molecular weight excluding hydrogens is 188 g/mol. The van der Waals surface area contributed by atoms with Gasteiger partial charge >= 0.3 is 0 Å². The van der Waals surface area contributed by atoms with Crippen LogP contribution in [0, 0.1) is 6.92 Å². The molecule has 0 amide bonds. The highest BCUT2D eigenvalue weighted by molar-refractivity contribution is 5.63. The molecule has 0 atom stereocenters. The molecule has 2 aromatic heterocycles. The SMILES string of the molecule is Cc1nn(C)cc1-c1cnn(C(C)C)c1.